The number of aryl methyl sites for hydroxylation is 3. The Labute approximate surface area is 193 Å². The van der Waals surface area contributed by atoms with Crippen LogP contribution in [0.5, 0.6) is 0 Å². The molecule has 12 heteroatoms. The smallest absolute Gasteiger partial charge is 0.321 e. The van der Waals surface area contributed by atoms with E-state index in [4.69, 9.17) is 4.52 Å². The summed E-state index contributed by atoms with van der Waals surface area (Å²) in [6.07, 6.45) is 0.456. The lowest BCUT2D eigenvalue weighted by Gasteiger charge is -2.23. The maximum Gasteiger partial charge on any atom is 0.321 e. The van der Waals surface area contributed by atoms with E-state index in [0.29, 0.717) is 29.0 Å². The second-order valence-corrected chi connectivity index (χ2v) is 8.75. The minimum absolute atomic E-state index is 0.0808. The zero-order valence-electron chi connectivity index (χ0n) is 18.3. The summed E-state index contributed by atoms with van der Waals surface area (Å²) in [5.41, 5.74) is 2.92. The Kier molecular flexibility index (Phi) is 6.45. The fraction of sp³-hybridized carbons (Fsp3) is 0.333. The van der Waals surface area contributed by atoms with Crippen molar-refractivity contribution in [3.05, 3.63) is 47.0 Å². The van der Waals surface area contributed by atoms with Crippen LogP contribution in [0.4, 0.5) is 10.6 Å². The van der Waals surface area contributed by atoms with Gasteiger partial charge >= 0.3 is 6.03 Å². The van der Waals surface area contributed by atoms with Crippen LogP contribution in [0.2, 0.25) is 0 Å². The molecule has 1 unspecified atom stereocenters. The molecule has 1 aromatic carbocycles. The number of thioether (sulfide) groups is 1. The van der Waals surface area contributed by atoms with E-state index in [2.05, 4.69) is 31.3 Å². The van der Waals surface area contributed by atoms with Crippen molar-refractivity contribution in [1.29, 1.82) is 0 Å². The van der Waals surface area contributed by atoms with Gasteiger partial charge in [-0.25, -0.2) is 4.79 Å². The summed E-state index contributed by atoms with van der Waals surface area (Å²) in [7, 11) is 0. The van der Waals surface area contributed by atoms with Crippen molar-refractivity contribution in [2.24, 2.45) is 0 Å². The third kappa shape index (κ3) is 5.40. The monoisotopic (exact) mass is 469 g/mol. The van der Waals surface area contributed by atoms with Gasteiger partial charge in [0.05, 0.1) is 11.4 Å². The van der Waals surface area contributed by atoms with Gasteiger partial charge in [-0.1, -0.05) is 29.1 Å². The van der Waals surface area contributed by atoms with E-state index in [0.717, 1.165) is 16.8 Å². The van der Waals surface area contributed by atoms with Gasteiger partial charge in [-0.05, 0) is 38.0 Å². The SMILES string of the molecule is Cc1ccc(C)c(-n2c(CC3CC(=O)NC(=O)N3)nnc2SCC(=O)Nc2cc(C)on2)c1. The largest absolute Gasteiger partial charge is 0.360 e. The van der Waals surface area contributed by atoms with Gasteiger partial charge in [0.15, 0.2) is 11.0 Å². The lowest BCUT2D eigenvalue weighted by molar-refractivity contribution is -0.121. The van der Waals surface area contributed by atoms with Crippen molar-refractivity contribution in [2.45, 2.75) is 44.8 Å². The molecule has 3 aromatic rings. The lowest BCUT2D eigenvalue weighted by atomic mass is 10.1. The van der Waals surface area contributed by atoms with Crippen LogP contribution in [0.3, 0.4) is 0 Å². The van der Waals surface area contributed by atoms with Gasteiger partial charge in [-0.3, -0.25) is 19.5 Å². The van der Waals surface area contributed by atoms with Gasteiger partial charge in [-0.15, -0.1) is 10.2 Å². The summed E-state index contributed by atoms with van der Waals surface area (Å²) >= 11 is 1.23. The molecule has 4 amide bonds. The van der Waals surface area contributed by atoms with Gasteiger partial charge in [-0.2, -0.15) is 0 Å². The fourth-order valence-electron chi connectivity index (χ4n) is 3.48. The average molecular weight is 470 g/mol. The molecule has 0 aliphatic carbocycles. The molecule has 1 aliphatic rings. The number of imide groups is 1. The zero-order valence-corrected chi connectivity index (χ0v) is 19.2. The van der Waals surface area contributed by atoms with E-state index in [-0.39, 0.29) is 24.0 Å². The van der Waals surface area contributed by atoms with Crippen LogP contribution in [0.15, 0.2) is 33.9 Å². The number of hydrogen-bond donors (Lipinski definition) is 3. The third-order valence-corrected chi connectivity index (χ3v) is 5.91. The fourth-order valence-corrected chi connectivity index (χ4v) is 4.24. The molecule has 1 atom stereocenters. The van der Waals surface area contributed by atoms with Crippen molar-refractivity contribution < 1.29 is 18.9 Å². The normalized spacial score (nSPS) is 15.8. The average Bonchev–Trinajstić information content (AvgIpc) is 3.33. The number of carbonyl (C=O) groups excluding carboxylic acids is 3. The topological polar surface area (TPSA) is 144 Å². The molecule has 4 rings (SSSR count). The maximum absolute atomic E-state index is 12.4. The molecule has 33 heavy (non-hydrogen) atoms. The maximum atomic E-state index is 12.4. The number of nitrogens with one attached hydrogen (secondary N) is 3. The molecule has 172 valence electrons. The molecule has 3 N–H and O–H groups in total. The number of rotatable bonds is 7. The van der Waals surface area contributed by atoms with E-state index >= 15 is 0 Å². The highest BCUT2D eigenvalue weighted by atomic mass is 32.2. The molecule has 0 radical (unpaired) electrons. The van der Waals surface area contributed by atoms with Crippen molar-refractivity contribution in [1.82, 2.24) is 30.6 Å². The molecule has 1 saturated heterocycles. The molecule has 1 aliphatic heterocycles. The van der Waals surface area contributed by atoms with Crippen LogP contribution in [0.1, 0.15) is 29.1 Å². The van der Waals surface area contributed by atoms with Crippen LogP contribution in [0.25, 0.3) is 5.69 Å². The second kappa shape index (κ2) is 9.45. The number of benzene rings is 1. The highest BCUT2D eigenvalue weighted by molar-refractivity contribution is 7.99. The number of hydrogen-bond acceptors (Lipinski definition) is 8. The predicted octanol–water partition coefficient (Wildman–Crippen LogP) is 2.05. The summed E-state index contributed by atoms with van der Waals surface area (Å²) in [6, 6.07) is 6.72. The highest BCUT2D eigenvalue weighted by Crippen LogP contribution is 2.26. The van der Waals surface area contributed by atoms with Crippen LogP contribution >= 0.6 is 11.8 Å². The Morgan fingerprint density at radius 1 is 1.24 bits per heavy atom. The van der Waals surface area contributed by atoms with Crippen LogP contribution < -0.4 is 16.0 Å². The van der Waals surface area contributed by atoms with Crippen molar-refractivity contribution in [3.8, 4) is 5.69 Å². The lowest BCUT2D eigenvalue weighted by Crippen LogP contribution is -2.53. The first kappa shape index (κ1) is 22.5. The Morgan fingerprint density at radius 2 is 2.06 bits per heavy atom. The van der Waals surface area contributed by atoms with Gasteiger partial charge in [0.1, 0.15) is 11.6 Å². The number of urea groups is 1. The quantitative estimate of drug-likeness (QED) is 0.446. The number of anilines is 1. The molecule has 1 fully saturated rings. The number of aromatic nitrogens is 4. The van der Waals surface area contributed by atoms with E-state index < -0.39 is 12.1 Å². The van der Waals surface area contributed by atoms with Gasteiger partial charge in [0.25, 0.3) is 0 Å². The van der Waals surface area contributed by atoms with E-state index in [9.17, 15) is 14.4 Å². The second-order valence-electron chi connectivity index (χ2n) is 7.81. The summed E-state index contributed by atoms with van der Waals surface area (Å²) < 4.78 is 6.84. The number of carbonyl (C=O) groups is 3. The standard InChI is InChI=1S/C21H23N7O4S/c1-11-4-5-12(2)15(6-11)28-17(8-14-9-18(29)24-20(31)22-14)25-26-21(28)33-10-19(30)23-16-7-13(3)32-27-16/h4-7,14H,8-10H2,1-3H3,(H,23,27,30)(H2,22,24,29,31). The minimum Gasteiger partial charge on any atom is -0.360 e. The van der Waals surface area contributed by atoms with E-state index in [1.54, 1.807) is 13.0 Å². The summed E-state index contributed by atoms with van der Waals surface area (Å²) in [5, 5.41) is 20.6. The van der Waals surface area contributed by atoms with Crippen molar-refractivity contribution in [2.75, 3.05) is 11.1 Å². The molecule has 11 nitrogen and oxygen atoms in total. The minimum atomic E-state index is -0.525. The molecule has 3 heterocycles. The first-order valence-electron chi connectivity index (χ1n) is 10.3. The highest BCUT2D eigenvalue weighted by Gasteiger charge is 2.27. The van der Waals surface area contributed by atoms with Crippen molar-refractivity contribution in [3.63, 3.8) is 0 Å². The Balaban J connectivity index is 1.58. The van der Waals surface area contributed by atoms with Crippen molar-refractivity contribution >= 4 is 35.4 Å². The molecule has 0 spiro atoms. The van der Waals surface area contributed by atoms with Gasteiger partial charge < -0.3 is 15.2 Å². The molecular formula is C21H23N7O4S. The van der Waals surface area contributed by atoms with Gasteiger partial charge in [0.2, 0.25) is 11.8 Å². The van der Waals surface area contributed by atoms with E-state index in [1.165, 1.54) is 11.8 Å². The first-order chi connectivity index (χ1) is 15.8. The molecular weight excluding hydrogens is 446 g/mol. The van der Waals surface area contributed by atoms with Crippen LogP contribution in [-0.2, 0) is 16.0 Å². The summed E-state index contributed by atoms with van der Waals surface area (Å²) in [6.45, 7) is 5.70. The predicted molar refractivity (Wildman–Crippen MR) is 120 cm³/mol. The molecule has 0 bridgehead atoms. The van der Waals surface area contributed by atoms with E-state index in [1.807, 2.05) is 36.6 Å². The zero-order chi connectivity index (χ0) is 23.5. The molecule has 2 aromatic heterocycles. The summed E-state index contributed by atoms with van der Waals surface area (Å²) in [5.74, 6) is 1.01. The third-order valence-electron chi connectivity index (χ3n) is 4.98. The Bertz CT molecular complexity index is 1200. The Morgan fingerprint density at radius 3 is 2.79 bits per heavy atom. The van der Waals surface area contributed by atoms with Crippen LogP contribution in [0, 0.1) is 20.8 Å². The number of nitrogens with zero attached hydrogens (tertiary/aromatic N) is 4. The summed E-state index contributed by atoms with van der Waals surface area (Å²) in [4.78, 5) is 35.9. The number of amides is 4. The molecule has 0 saturated carbocycles. The van der Waals surface area contributed by atoms with Gasteiger partial charge in [0, 0.05) is 24.9 Å². The Hall–Kier alpha value is -3.67. The van der Waals surface area contributed by atoms with Crippen LogP contribution in [-0.4, -0.2) is 49.6 Å². The first-order valence-corrected chi connectivity index (χ1v) is 11.3.